The van der Waals surface area contributed by atoms with E-state index in [1.165, 1.54) is 18.2 Å². The second kappa shape index (κ2) is 5.77. The molecule has 0 spiro atoms. The van der Waals surface area contributed by atoms with Gasteiger partial charge in [-0.15, -0.1) is 0 Å². The Morgan fingerprint density at radius 3 is 2.13 bits per heavy atom. The number of rotatable bonds is 2. The Morgan fingerprint density at radius 2 is 1.57 bits per heavy atom. The normalized spacial score (nSPS) is 21.0. The van der Waals surface area contributed by atoms with Gasteiger partial charge in [-0.2, -0.15) is 13.2 Å². The molecular weight excluding hydrogens is 348 g/mol. The van der Waals surface area contributed by atoms with Gasteiger partial charge in [-0.3, -0.25) is 0 Å². The van der Waals surface area contributed by atoms with Crippen molar-refractivity contribution in [2.45, 2.75) is 18.2 Å². The van der Waals surface area contributed by atoms with Crippen molar-refractivity contribution in [1.82, 2.24) is 0 Å². The third kappa shape index (κ3) is 2.93. The van der Waals surface area contributed by atoms with Crippen LogP contribution in [-0.2, 0) is 10.3 Å². The molecule has 3 rings (SSSR count). The Hall–Kier alpha value is -1.65. The average Bonchev–Trinajstić information content (AvgIpc) is 2.93. The maximum absolute atomic E-state index is 13.8. The van der Waals surface area contributed by atoms with Gasteiger partial charge in [-0.25, -0.2) is 0 Å². The highest BCUT2D eigenvalue weighted by Crippen LogP contribution is 2.52. The Balaban J connectivity index is 2.05. The molecule has 0 N–H and O–H groups in total. The van der Waals surface area contributed by atoms with Crippen molar-refractivity contribution in [3.63, 3.8) is 0 Å². The second-order valence-corrected chi connectivity index (χ2v) is 6.16. The highest BCUT2D eigenvalue weighted by atomic mass is 35.5. The second-order valence-electron chi connectivity index (χ2n) is 5.29. The molecule has 23 heavy (non-hydrogen) atoms. The van der Waals surface area contributed by atoms with Gasteiger partial charge in [-0.1, -0.05) is 53.5 Å². The minimum atomic E-state index is -4.62. The fourth-order valence-corrected chi connectivity index (χ4v) is 3.16. The molecule has 1 aliphatic heterocycles. The highest BCUT2D eigenvalue weighted by Gasteiger charge is 2.60. The first kappa shape index (κ1) is 16.2. The van der Waals surface area contributed by atoms with Crippen LogP contribution in [0.3, 0.4) is 0 Å². The lowest BCUT2D eigenvalue weighted by Gasteiger charge is -2.32. The molecule has 0 aliphatic carbocycles. The van der Waals surface area contributed by atoms with Gasteiger partial charge in [0.05, 0.1) is 6.26 Å². The van der Waals surface area contributed by atoms with Crippen molar-refractivity contribution in [2.24, 2.45) is 0 Å². The van der Waals surface area contributed by atoms with Gasteiger partial charge >= 0.3 is 6.18 Å². The molecule has 120 valence electrons. The zero-order valence-electron chi connectivity index (χ0n) is 11.7. The van der Waals surface area contributed by atoms with Crippen molar-refractivity contribution in [1.29, 1.82) is 0 Å². The van der Waals surface area contributed by atoms with Crippen LogP contribution in [0.4, 0.5) is 13.2 Å². The van der Waals surface area contributed by atoms with Crippen LogP contribution < -0.4 is 0 Å². The molecule has 6 heteroatoms. The van der Waals surface area contributed by atoms with Gasteiger partial charge in [0.2, 0.25) is 5.60 Å². The average molecular weight is 359 g/mol. The van der Waals surface area contributed by atoms with Gasteiger partial charge in [0.1, 0.15) is 0 Å². The van der Waals surface area contributed by atoms with Crippen molar-refractivity contribution < 1.29 is 17.9 Å². The van der Waals surface area contributed by atoms with E-state index in [0.29, 0.717) is 11.1 Å². The lowest BCUT2D eigenvalue weighted by Crippen LogP contribution is -2.42. The molecule has 1 nitrogen and oxygen atoms in total. The van der Waals surface area contributed by atoms with Crippen LogP contribution in [0.1, 0.15) is 17.5 Å². The first-order chi connectivity index (χ1) is 10.8. The summed E-state index contributed by atoms with van der Waals surface area (Å²) in [6, 6.07) is 12.7. The van der Waals surface area contributed by atoms with E-state index in [1.807, 2.05) is 0 Å². The van der Waals surface area contributed by atoms with Gasteiger partial charge in [0.25, 0.3) is 0 Å². The van der Waals surface area contributed by atoms with Crippen molar-refractivity contribution in [3.05, 3.63) is 76.0 Å². The SMILES string of the molecule is FC(F)(F)C1(c2cc(Cl)cc(Cl)c2)CC(c2ccccc2)=CO1. The molecule has 1 aliphatic rings. The number of halogens is 5. The number of hydrogen-bond acceptors (Lipinski definition) is 1. The predicted octanol–water partition coefficient (Wildman–Crippen LogP) is 6.21. The summed E-state index contributed by atoms with van der Waals surface area (Å²) in [6.45, 7) is 0. The van der Waals surface area contributed by atoms with E-state index in [0.717, 1.165) is 6.26 Å². The van der Waals surface area contributed by atoms with E-state index < -0.39 is 11.8 Å². The first-order valence-electron chi connectivity index (χ1n) is 6.77. The van der Waals surface area contributed by atoms with Crippen LogP contribution in [0.25, 0.3) is 5.57 Å². The van der Waals surface area contributed by atoms with Gasteiger partial charge in [0, 0.05) is 22.0 Å². The molecule has 1 unspecified atom stereocenters. The first-order valence-corrected chi connectivity index (χ1v) is 7.53. The molecular formula is C17H11Cl2F3O. The fourth-order valence-electron chi connectivity index (χ4n) is 2.63. The molecule has 1 atom stereocenters. The van der Waals surface area contributed by atoms with E-state index in [9.17, 15) is 13.2 Å². The molecule has 0 amide bonds. The molecule has 2 aromatic carbocycles. The van der Waals surface area contributed by atoms with E-state index in [4.69, 9.17) is 27.9 Å². The van der Waals surface area contributed by atoms with Crippen molar-refractivity contribution in [3.8, 4) is 0 Å². The summed E-state index contributed by atoms with van der Waals surface area (Å²) < 4.78 is 46.6. The molecule has 0 aromatic heterocycles. The molecule has 0 fully saturated rings. The number of hydrogen-bond donors (Lipinski definition) is 0. The topological polar surface area (TPSA) is 9.23 Å². The summed E-state index contributed by atoms with van der Waals surface area (Å²) in [4.78, 5) is 0. The summed E-state index contributed by atoms with van der Waals surface area (Å²) in [5, 5.41) is 0.265. The standard InChI is InChI=1S/C17H11Cl2F3O/c18-14-6-13(7-15(19)8-14)16(17(20,21)22)9-12(10-23-16)11-4-2-1-3-5-11/h1-8,10H,9H2. The monoisotopic (exact) mass is 358 g/mol. The van der Waals surface area contributed by atoms with Crippen LogP contribution in [-0.4, -0.2) is 6.18 Å². The van der Waals surface area contributed by atoms with Crippen LogP contribution in [0, 0.1) is 0 Å². The van der Waals surface area contributed by atoms with E-state index >= 15 is 0 Å². The molecule has 1 heterocycles. The Labute approximate surface area is 141 Å². The fraction of sp³-hybridized carbons (Fsp3) is 0.176. The Morgan fingerprint density at radius 1 is 0.957 bits per heavy atom. The molecule has 0 saturated carbocycles. The molecule has 0 saturated heterocycles. The maximum Gasteiger partial charge on any atom is 0.432 e. The molecule has 0 bridgehead atoms. The summed E-state index contributed by atoms with van der Waals surface area (Å²) in [7, 11) is 0. The summed E-state index contributed by atoms with van der Waals surface area (Å²) in [5.74, 6) is 0. The zero-order chi connectivity index (χ0) is 16.7. The zero-order valence-corrected chi connectivity index (χ0v) is 13.2. The third-order valence-corrected chi connectivity index (χ3v) is 4.21. The summed E-state index contributed by atoms with van der Waals surface area (Å²) in [6.07, 6.45) is -3.79. The minimum Gasteiger partial charge on any atom is -0.480 e. The highest BCUT2D eigenvalue weighted by molar-refractivity contribution is 6.34. The lowest BCUT2D eigenvalue weighted by atomic mass is 9.86. The van der Waals surface area contributed by atoms with E-state index in [2.05, 4.69) is 0 Å². The van der Waals surface area contributed by atoms with Gasteiger partial charge in [-0.05, 0) is 29.3 Å². The number of ether oxygens (including phenoxy) is 1. The van der Waals surface area contributed by atoms with Gasteiger partial charge in [0.15, 0.2) is 0 Å². The van der Waals surface area contributed by atoms with E-state index in [1.54, 1.807) is 30.3 Å². The Bertz CT molecular complexity index is 736. The Kier molecular flexibility index (Phi) is 4.07. The van der Waals surface area contributed by atoms with Crippen molar-refractivity contribution >= 4 is 28.8 Å². The predicted molar refractivity (Wildman–Crippen MR) is 84.3 cm³/mol. The van der Waals surface area contributed by atoms with Crippen LogP contribution in [0.2, 0.25) is 10.0 Å². The molecule has 2 aromatic rings. The summed E-state index contributed by atoms with van der Waals surface area (Å²) >= 11 is 11.7. The summed E-state index contributed by atoms with van der Waals surface area (Å²) in [5.41, 5.74) is -1.43. The number of alkyl halides is 3. The van der Waals surface area contributed by atoms with Crippen molar-refractivity contribution in [2.75, 3.05) is 0 Å². The lowest BCUT2D eigenvalue weighted by molar-refractivity contribution is -0.260. The third-order valence-electron chi connectivity index (χ3n) is 3.77. The molecule has 0 radical (unpaired) electrons. The largest absolute Gasteiger partial charge is 0.480 e. The van der Waals surface area contributed by atoms with Crippen LogP contribution in [0.5, 0.6) is 0 Å². The van der Waals surface area contributed by atoms with E-state index in [-0.39, 0.29) is 22.0 Å². The quantitative estimate of drug-likeness (QED) is 0.619. The van der Waals surface area contributed by atoms with Gasteiger partial charge < -0.3 is 4.74 Å². The maximum atomic E-state index is 13.8. The minimum absolute atomic E-state index is 0.107. The van der Waals surface area contributed by atoms with Crippen LogP contribution in [0.15, 0.2) is 54.8 Å². The smallest absolute Gasteiger partial charge is 0.432 e. The van der Waals surface area contributed by atoms with Crippen LogP contribution >= 0.6 is 23.2 Å². The number of benzene rings is 2.